The smallest absolute Gasteiger partial charge is 0.362 e. The number of carbonyl (C=O) groups is 1. The molecular weight excluding hydrogens is 368 g/mol. The van der Waals surface area contributed by atoms with E-state index in [0.29, 0.717) is 5.75 Å². The quantitative estimate of drug-likeness (QED) is 0.370. The van der Waals surface area contributed by atoms with Crippen molar-refractivity contribution in [1.82, 2.24) is 4.98 Å². The summed E-state index contributed by atoms with van der Waals surface area (Å²) in [6.45, 7) is 0. The number of nitrogens with zero attached hydrogens (tertiary/aromatic N) is 2. The fraction of sp³-hybridized carbons (Fsp3) is 0. The molecule has 0 N–H and O–H groups in total. The topological polar surface area (TPSA) is 51.5 Å². The molecule has 0 aliphatic carbocycles. The largest absolute Gasteiger partial charge is 0.422 e. The molecule has 0 bridgehead atoms. The highest BCUT2D eigenvalue weighted by molar-refractivity contribution is 9.10. The second kappa shape index (κ2) is 7.66. The first-order chi connectivity index (χ1) is 11.7. The van der Waals surface area contributed by atoms with Gasteiger partial charge in [0.15, 0.2) is 0 Å². The van der Waals surface area contributed by atoms with Crippen LogP contribution in [0.3, 0.4) is 0 Å². The van der Waals surface area contributed by atoms with E-state index in [2.05, 4.69) is 25.9 Å². The molecule has 2 aromatic carbocycles. The van der Waals surface area contributed by atoms with Crippen molar-refractivity contribution in [3.8, 4) is 5.75 Å². The summed E-state index contributed by atoms with van der Waals surface area (Å²) in [6.07, 6.45) is 3.31. The van der Waals surface area contributed by atoms with Crippen molar-refractivity contribution in [2.45, 2.75) is 0 Å². The van der Waals surface area contributed by atoms with Crippen molar-refractivity contribution in [3.05, 3.63) is 88.7 Å². The van der Waals surface area contributed by atoms with E-state index in [0.717, 1.165) is 15.7 Å². The second-order valence-corrected chi connectivity index (χ2v) is 5.83. The summed E-state index contributed by atoms with van der Waals surface area (Å²) in [7, 11) is 0. The zero-order chi connectivity index (χ0) is 16.8. The van der Waals surface area contributed by atoms with E-state index in [1.165, 1.54) is 0 Å². The van der Waals surface area contributed by atoms with E-state index in [4.69, 9.17) is 4.74 Å². The summed E-state index contributed by atoms with van der Waals surface area (Å²) in [5.74, 6) is -0.0172. The third-order valence-electron chi connectivity index (χ3n) is 3.14. The number of hydrogen-bond acceptors (Lipinski definition) is 4. The molecule has 1 heterocycles. The van der Waals surface area contributed by atoms with Crippen molar-refractivity contribution < 1.29 is 9.53 Å². The standard InChI is InChI=1S/C19H13BrN2O2/c20-15-4-3-5-16(12-15)22-13-14-7-9-17(10-8-14)24-19(23)18-6-1-2-11-21-18/h1-13H. The van der Waals surface area contributed by atoms with Crippen LogP contribution in [0.25, 0.3) is 0 Å². The van der Waals surface area contributed by atoms with Gasteiger partial charge in [0.2, 0.25) is 0 Å². The van der Waals surface area contributed by atoms with Crippen LogP contribution < -0.4 is 4.74 Å². The molecule has 4 nitrogen and oxygen atoms in total. The zero-order valence-corrected chi connectivity index (χ0v) is 14.2. The van der Waals surface area contributed by atoms with E-state index in [1.807, 2.05) is 36.4 Å². The molecule has 0 aliphatic heterocycles. The molecule has 1 aromatic heterocycles. The van der Waals surface area contributed by atoms with Crippen molar-refractivity contribution in [2.24, 2.45) is 4.99 Å². The maximum atomic E-state index is 11.9. The van der Waals surface area contributed by atoms with E-state index in [-0.39, 0.29) is 5.69 Å². The molecule has 0 saturated carbocycles. The Morgan fingerprint density at radius 2 is 1.88 bits per heavy atom. The van der Waals surface area contributed by atoms with Gasteiger partial charge >= 0.3 is 5.97 Å². The Hall–Kier alpha value is -2.79. The van der Waals surface area contributed by atoms with Crippen LogP contribution >= 0.6 is 15.9 Å². The van der Waals surface area contributed by atoms with Crippen LogP contribution in [-0.2, 0) is 0 Å². The minimum absolute atomic E-state index is 0.276. The van der Waals surface area contributed by atoms with Gasteiger partial charge in [0.1, 0.15) is 11.4 Å². The minimum Gasteiger partial charge on any atom is -0.422 e. The number of aromatic nitrogens is 1. The predicted molar refractivity (Wildman–Crippen MR) is 97.0 cm³/mol. The number of carbonyl (C=O) groups excluding carboxylic acids is 1. The molecule has 118 valence electrons. The highest BCUT2D eigenvalue weighted by Gasteiger charge is 2.08. The van der Waals surface area contributed by atoms with Crippen LogP contribution in [0, 0.1) is 0 Å². The minimum atomic E-state index is -0.480. The van der Waals surface area contributed by atoms with E-state index >= 15 is 0 Å². The van der Waals surface area contributed by atoms with E-state index in [1.54, 1.807) is 42.7 Å². The molecule has 0 radical (unpaired) electrons. The fourth-order valence-corrected chi connectivity index (χ4v) is 2.36. The lowest BCUT2D eigenvalue weighted by Gasteiger charge is -2.03. The Morgan fingerprint density at radius 1 is 1.04 bits per heavy atom. The molecule has 0 saturated heterocycles. The van der Waals surface area contributed by atoms with Gasteiger partial charge in [-0.15, -0.1) is 0 Å². The number of hydrogen-bond donors (Lipinski definition) is 0. The average Bonchev–Trinajstić information content (AvgIpc) is 2.62. The molecule has 0 fully saturated rings. The monoisotopic (exact) mass is 380 g/mol. The number of rotatable bonds is 4. The predicted octanol–water partition coefficient (Wildman–Crippen LogP) is 4.81. The SMILES string of the molecule is O=C(Oc1ccc(C=Nc2cccc(Br)c2)cc1)c1ccccn1. The lowest BCUT2D eigenvalue weighted by molar-refractivity contribution is 0.0728. The second-order valence-electron chi connectivity index (χ2n) is 4.91. The number of benzene rings is 2. The number of ether oxygens (including phenoxy) is 1. The zero-order valence-electron chi connectivity index (χ0n) is 12.6. The molecule has 3 aromatic rings. The van der Waals surface area contributed by atoms with Crippen molar-refractivity contribution in [3.63, 3.8) is 0 Å². The molecule has 3 rings (SSSR count). The summed E-state index contributed by atoms with van der Waals surface area (Å²) in [5.41, 5.74) is 2.04. The van der Waals surface area contributed by atoms with Gasteiger partial charge in [0.25, 0.3) is 0 Å². The van der Waals surface area contributed by atoms with Gasteiger partial charge in [0, 0.05) is 16.9 Å². The highest BCUT2D eigenvalue weighted by atomic mass is 79.9. The number of pyridine rings is 1. The van der Waals surface area contributed by atoms with Gasteiger partial charge in [0.05, 0.1) is 5.69 Å². The molecule has 5 heteroatoms. The summed E-state index contributed by atoms with van der Waals surface area (Å²) >= 11 is 3.41. The van der Waals surface area contributed by atoms with Gasteiger partial charge < -0.3 is 4.74 Å². The Bertz CT molecular complexity index is 862. The normalized spacial score (nSPS) is 10.7. The fourth-order valence-electron chi connectivity index (χ4n) is 1.97. The van der Waals surface area contributed by atoms with Crippen molar-refractivity contribution in [2.75, 3.05) is 0 Å². The molecule has 0 amide bonds. The molecule has 0 unspecified atom stereocenters. The van der Waals surface area contributed by atoms with Crippen LogP contribution in [-0.4, -0.2) is 17.2 Å². The number of halogens is 1. The van der Waals surface area contributed by atoms with Gasteiger partial charge in [-0.2, -0.15) is 0 Å². The summed E-state index contributed by atoms with van der Waals surface area (Å²) in [5, 5.41) is 0. The van der Waals surface area contributed by atoms with Crippen LogP contribution in [0.15, 0.2) is 82.4 Å². The van der Waals surface area contributed by atoms with Crippen LogP contribution in [0.4, 0.5) is 5.69 Å². The van der Waals surface area contributed by atoms with Gasteiger partial charge in [-0.1, -0.05) is 28.1 Å². The number of esters is 1. The molecule has 24 heavy (non-hydrogen) atoms. The van der Waals surface area contributed by atoms with Gasteiger partial charge in [-0.25, -0.2) is 9.78 Å². The first-order valence-electron chi connectivity index (χ1n) is 7.24. The molecule has 0 atom stereocenters. The average molecular weight is 381 g/mol. The lowest BCUT2D eigenvalue weighted by atomic mass is 10.2. The number of aliphatic imine (C=N–C) groups is 1. The first kappa shape index (κ1) is 16.1. The molecule has 0 spiro atoms. The maximum Gasteiger partial charge on any atom is 0.362 e. The maximum absolute atomic E-state index is 11.9. The Kier molecular flexibility index (Phi) is 5.13. The molecular formula is C19H13BrN2O2. The Morgan fingerprint density at radius 3 is 2.58 bits per heavy atom. The summed E-state index contributed by atoms with van der Waals surface area (Å²) < 4.78 is 6.26. The van der Waals surface area contributed by atoms with Gasteiger partial charge in [-0.05, 0) is 60.2 Å². The first-order valence-corrected chi connectivity index (χ1v) is 8.03. The highest BCUT2D eigenvalue weighted by Crippen LogP contribution is 2.19. The van der Waals surface area contributed by atoms with Crippen LogP contribution in [0.5, 0.6) is 5.75 Å². The third kappa shape index (κ3) is 4.36. The van der Waals surface area contributed by atoms with Crippen molar-refractivity contribution >= 4 is 33.8 Å². The van der Waals surface area contributed by atoms with Crippen LogP contribution in [0.2, 0.25) is 0 Å². The van der Waals surface area contributed by atoms with E-state index < -0.39 is 5.97 Å². The Balaban J connectivity index is 1.66. The van der Waals surface area contributed by atoms with E-state index in [9.17, 15) is 4.79 Å². The summed E-state index contributed by atoms with van der Waals surface area (Å²) in [4.78, 5) is 20.3. The summed E-state index contributed by atoms with van der Waals surface area (Å²) in [6, 6.07) is 19.9. The molecule has 0 aliphatic rings. The Labute approximate surface area is 148 Å². The lowest BCUT2D eigenvalue weighted by Crippen LogP contribution is -2.10. The van der Waals surface area contributed by atoms with Crippen molar-refractivity contribution in [1.29, 1.82) is 0 Å². The third-order valence-corrected chi connectivity index (χ3v) is 3.63. The van der Waals surface area contributed by atoms with Gasteiger partial charge in [-0.3, -0.25) is 4.99 Å². The van der Waals surface area contributed by atoms with Crippen LogP contribution in [0.1, 0.15) is 16.1 Å².